The number of para-hydroxylation sites is 4. The highest BCUT2D eigenvalue weighted by atomic mass is 32.2. The number of carbonyl (C=O) groups excluding carboxylic acids is 1. The molecule has 0 atom stereocenters. The van der Waals surface area contributed by atoms with Gasteiger partial charge in [-0.15, -0.1) is 0 Å². The minimum Gasteiger partial charge on any atom is -0.368 e. The molecule has 25 heavy (non-hydrogen) atoms. The summed E-state index contributed by atoms with van der Waals surface area (Å²) in [5, 5.41) is 0.916. The molecule has 126 valence electrons. The average Bonchev–Trinajstić information content (AvgIpc) is 3.11. The van der Waals surface area contributed by atoms with Crippen LogP contribution in [-0.4, -0.2) is 25.0 Å². The Hall–Kier alpha value is -2.80. The van der Waals surface area contributed by atoms with E-state index in [2.05, 4.69) is 20.6 Å². The lowest BCUT2D eigenvalue weighted by Gasteiger charge is -2.07. The second-order valence-electron chi connectivity index (χ2n) is 5.80. The number of primary amides is 1. The smallest absolute Gasteiger partial charge is 0.237 e. The Kier molecular flexibility index (Phi) is 3.93. The van der Waals surface area contributed by atoms with Gasteiger partial charge >= 0.3 is 0 Å². The lowest BCUT2D eigenvalue weighted by Crippen LogP contribution is -2.20. The number of fused-ring (bicyclic) bond motifs is 2. The summed E-state index contributed by atoms with van der Waals surface area (Å²) < 4.78 is 3.95. The number of hydrogen-bond donors (Lipinski definition) is 1. The van der Waals surface area contributed by atoms with Crippen molar-refractivity contribution in [3.63, 3.8) is 0 Å². The van der Waals surface area contributed by atoms with E-state index in [1.165, 1.54) is 0 Å². The minimum absolute atomic E-state index is 0.124. The predicted octanol–water partition coefficient (Wildman–Crippen LogP) is 2.70. The normalized spacial score (nSPS) is 11.4. The topological polar surface area (TPSA) is 78.7 Å². The number of imidazole rings is 2. The zero-order valence-electron chi connectivity index (χ0n) is 13.7. The molecule has 2 heterocycles. The molecule has 0 saturated carbocycles. The Morgan fingerprint density at radius 2 is 1.68 bits per heavy atom. The Labute approximate surface area is 148 Å². The van der Waals surface area contributed by atoms with Crippen molar-refractivity contribution in [2.75, 3.05) is 0 Å². The van der Waals surface area contributed by atoms with E-state index in [1.807, 2.05) is 54.1 Å². The Balaban J connectivity index is 1.68. The van der Waals surface area contributed by atoms with E-state index in [9.17, 15) is 4.79 Å². The molecule has 4 aromatic rings. The summed E-state index contributed by atoms with van der Waals surface area (Å²) in [7, 11) is 2.00. The molecule has 6 nitrogen and oxygen atoms in total. The van der Waals surface area contributed by atoms with Crippen molar-refractivity contribution in [1.29, 1.82) is 0 Å². The van der Waals surface area contributed by atoms with Crippen LogP contribution in [0.5, 0.6) is 0 Å². The zero-order chi connectivity index (χ0) is 17.4. The molecule has 2 aromatic heterocycles. The summed E-state index contributed by atoms with van der Waals surface area (Å²) in [4.78, 5) is 20.8. The van der Waals surface area contributed by atoms with E-state index in [4.69, 9.17) is 5.73 Å². The van der Waals surface area contributed by atoms with Gasteiger partial charge in [0.15, 0.2) is 5.16 Å². The SMILES string of the molecule is Cn1c(SCc2nc3ccccc3n2CC(N)=O)nc2ccccc21. The highest BCUT2D eigenvalue weighted by molar-refractivity contribution is 7.98. The van der Waals surface area contributed by atoms with E-state index < -0.39 is 0 Å². The summed E-state index contributed by atoms with van der Waals surface area (Å²) in [6.45, 7) is 0.124. The van der Waals surface area contributed by atoms with Crippen LogP contribution in [0.2, 0.25) is 0 Å². The van der Waals surface area contributed by atoms with Gasteiger partial charge < -0.3 is 14.9 Å². The van der Waals surface area contributed by atoms with Crippen molar-refractivity contribution in [1.82, 2.24) is 19.1 Å². The van der Waals surface area contributed by atoms with Gasteiger partial charge in [0.1, 0.15) is 12.4 Å². The molecule has 0 aliphatic rings. The summed E-state index contributed by atoms with van der Waals surface area (Å²) in [5.41, 5.74) is 9.26. The molecule has 0 saturated heterocycles. The summed E-state index contributed by atoms with van der Waals surface area (Å²) in [6, 6.07) is 15.8. The molecule has 0 aliphatic heterocycles. The highest BCUT2D eigenvalue weighted by Crippen LogP contribution is 2.27. The second-order valence-corrected chi connectivity index (χ2v) is 6.74. The first-order chi connectivity index (χ1) is 12.1. The third kappa shape index (κ3) is 2.87. The van der Waals surface area contributed by atoms with Crippen LogP contribution in [0.3, 0.4) is 0 Å². The molecule has 2 N–H and O–H groups in total. The summed E-state index contributed by atoms with van der Waals surface area (Å²) in [5.74, 6) is 1.05. The number of aromatic nitrogens is 4. The quantitative estimate of drug-likeness (QED) is 0.561. The van der Waals surface area contributed by atoms with E-state index in [1.54, 1.807) is 11.8 Å². The molecule has 0 radical (unpaired) electrons. The fourth-order valence-electron chi connectivity index (χ4n) is 2.95. The zero-order valence-corrected chi connectivity index (χ0v) is 14.5. The molecule has 0 unspecified atom stereocenters. The van der Waals surface area contributed by atoms with Crippen molar-refractivity contribution in [2.45, 2.75) is 17.5 Å². The monoisotopic (exact) mass is 351 g/mol. The Bertz CT molecular complexity index is 1080. The fraction of sp³-hybridized carbons (Fsp3) is 0.167. The van der Waals surface area contributed by atoms with Crippen LogP contribution >= 0.6 is 11.8 Å². The Morgan fingerprint density at radius 3 is 2.36 bits per heavy atom. The van der Waals surface area contributed by atoms with Crippen LogP contribution < -0.4 is 5.73 Å². The molecule has 1 amide bonds. The number of thioether (sulfide) groups is 1. The molecule has 0 bridgehead atoms. The van der Waals surface area contributed by atoms with Crippen LogP contribution in [-0.2, 0) is 24.1 Å². The van der Waals surface area contributed by atoms with Crippen molar-refractivity contribution in [3.8, 4) is 0 Å². The van der Waals surface area contributed by atoms with Gasteiger partial charge in [-0.05, 0) is 24.3 Å². The first-order valence-electron chi connectivity index (χ1n) is 7.90. The van der Waals surface area contributed by atoms with Gasteiger partial charge in [-0.3, -0.25) is 4.79 Å². The summed E-state index contributed by atoms with van der Waals surface area (Å²) in [6.07, 6.45) is 0. The van der Waals surface area contributed by atoms with Gasteiger partial charge in [0.25, 0.3) is 0 Å². The fourth-order valence-corrected chi connectivity index (χ4v) is 3.88. The van der Waals surface area contributed by atoms with Gasteiger partial charge in [-0.1, -0.05) is 36.0 Å². The lowest BCUT2D eigenvalue weighted by molar-refractivity contribution is -0.118. The number of carbonyl (C=O) groups is 1. The summed E-state index contributed by atoms with van der Waals surface area (Å²) >= 11 is 1.60. The van der Waals surface area contributed by atoms with Crippen LogP contribution in [0.15, 0.2) is 53.7 Å². The van der Waals surface area contributed by atoms with Crippen molar-refractivity contribution >= 4 is 39.7 Å². The van der Waals surface area contributed by atoms with Crippen LogP contribution in [0.4, 0.5) is 0 Å². The first kappa shape index (κ1) is 15.7. The van der Waals surface area contributed by atoms with E-state index in [0.717, 1.165) is 33.0 Å². The van der Waals surface area contributed by atoms with Gasteiger partial charge in [0.2, 0.25) is 5.91 Å². The maximum atomic E-state index is 11.5. The van der Waals surface area contributed by atoms with Gasteiger partial charge in [0, 0.05) is 7.05 Å². The van der Waals surface area contributed by atoms with Crippen LogP contribution in [0, 0.1) is 0 Å². The third-order valence-electron chi connectivity index (χ3n) is 4.12. The maximum absolute atomic E-state index is 11.5. The molecular weight excluding hydrogens is 334 g/mol. The maximum Gasteiger partial charge on any atom is 0.237 e. The standard InChI is InChI=1S/C18H17N5OS/c1-22-14-8-4-2-6-12(14)21-18(22)25-11-17-20-13-7-3-5-9-15(13)23(17)10-16(19)24/h2-9H,10-11H2,1H3,(H2,19,24). The first-order valence-corrected chi connectivity index (χ1v) is 8.89. The van der Waals surface area contributed by atoms with Gasteiger partial charge in [0.05, 0.1) is 27.8 Å². The van der Waals surface area contributed by atoms with Crippen molar-refractivity contribution in [3.05, 3.63) is 54.4 Å². The highest BCUT2D eigenvalue weighted by Gasteiger charge is 2.14. The predicted molar refractivity (Wildman–Crippen MR) is 99.2 cm³/mol. The minimum atomic E-state index is -0.378. The third-order valence-corrected chi connectivity index (χ3v) is 5.15. The lowest BCUT2D eigenvalue weighted by atomic mass is 10.3. The van der Waals surface area contributed by atoms with Crippen LogP contribution in [0.25, 0.3) is 22.1 Å². The molecule has 0 fully saturated rings. The van der Waals surface area contributed by atoms with Crippen molar-refractivity contribution < 1.29 is 4.79 Å². The van der Waals surface area contributed by atoms with E-state index >= 15 is 0 Å². The van der Waals surface area contributed by atoms with Gasteiger partial charge in [-0.2, -0.15) is 0 Å². The molecular formula is C18H17N5OS. The van der Waals surface area contributed by atoms with Gasteiger partial charge in [-0.25, -0.2) is 9.97 Å². The second kappa shape index (κ2) is 6.25. The number of aryl methyl sites for hydroxylation is 1. The largest absolute Gasteiger partial charge is 0.368 e. The van der Waals surface area contributed by atoms with E-state index in [-0.39, 0.29) is 12.5 Å². The Morgan fingerprint density at radius 1 is 1.04 bits per heavy atom. The molecule has 7 heteroatoms. The molecule has 0 spiro atoms. The average molecular weight is 351 g/mol. The number of hydrogen-bond acceptors (Lipinski definition) is 4. The molecule has 0 aliphatic carbocycles. The number of benzene rings is 2. The number of rotatable bonds is 5. The molecule has 4 rings (SSSR count). The number of nitrogens with zero attached hydrogens (tertiary/aromatic N) is 4. The number of amides is 1. The molecule has 2 aromatic carbocycles. The number of nitrogens with two attached hydrogens (primary N) is 1. The van der Waals surface area contributed by atoms with Crippen LogP contribution in [0.1, 0.15) is 5.82 Å². The van der Waals surface area contributed by atoms with E-state index in [0.29, 0.717) is 5.75 Å². The van der Waals surface area contributed by atoms with Crippen molar-refractivity contribution in [2.24, 2.45) is 12.8 Å².